The first-order valence-electron chi connectivity index (χ1n) is 10.2. The Morgan fingerprint density at radius 1 is 1.16 bits per heavy atom. The van der Waals surface area contributed by atoms with Gasteiger partial charge in [0.05, 0.1) is 16.8 Å². The third kappa shape index (κ3) is 5.10. The van der Waals surface area contributed by atoms with Gasteiger partial charge in [0.1, 0.15) is 5.69 Å². The van der Waals surface area contributed by atoms with Crippen LogP contribution in [0.5, 0.6) is 0 Å². The molecule has 0 aliphatic carbocycles. The highest BCUT2D eigenvalue weighted by molar-refractivity contribution is 6.30. The van der Waals surface area contributed by atoms with Crippen LogP contribution in [0.1, 0.15) is 41.6 Å². The molecule has 1 amide bonds. The number of anilines is 1. The Hall–Kier alpha value is -3.21. The predicted molar refractivity (Wildman–Crippen MR) is 121 cm³/mol. The first-order chi connectivity index (χ1) is 15.0. The van der Waals surface area contributed by atoms with E-state index in [1.54, 1.807) is 0 Å². The molecular formula is C23H23ClN6O. The Bertz CT molecular complexity index is 1110. The molecule has 0 radical (unpaired) electrons. The van der Waals surface area contributed by atoms with Crippen molar-refractivity contribution in [1.82, 2.24) is 14.9 Å². The van der Waals surface area contributed by atoms with Crippen LogP contribution < -0.4 is 11.5 Å². The van der Waals surface area contributed by atoms with Crippen LogP contribution >= 0.6 is 11.6 Å². The zero-order chi connectivity index (χ0) is 21.8. The van der Waals surface area contributed by atoms with Gasteiger partial charge in [0, 0.05) is 18.3 Å². The number of carbonyl (C=O) groups is 1. The van der Waals surface area contributed by atoms with Crippen LogP contribution in [0.25, 0.3) is 0 Å². The van der Waals surface area contributed by atoms with E-state index in [9.17, 15) is 4.79 Å². The number of piperidine rings is 1. The summed E-state index contributed by atoms with van der Waals surface area (Å²) in [6.45, 7) is 3.30. The number of aliphatic imine (C=N–C) groups is 1. The number of benzene rings is 1. The summed E-state index contributed by atoms with van der Waals surface area (Å²) in [4.78, 5) is 26.5. The van der Waals surface area contributed by atoms with E-state index in [0.29, 0.717) is 17.0 Å². The molecule has 1 unspecified atom stereocenters. The van der Waals surface area contributed by atoms with Crippen molar-refractivity contribution in [1.29, 1.82) is 0 Å². The van der Waals surface area contributed by atoms with Crippen LogP contribution in [0.2, 0.25) is 0 Å². The SMILES string of the molecule is NC(=O)C1=CC(c2nc(N)ncc2C#Cc2ccc(CN3CCCCC3)cc2)=NC1Cl. The largest absolute Gasteiger partial charge is 0.368 e. The van der Waals surface area contributed by atoms with Crippen molar-refractivity contribution in [3.63, 3.8) is 0 Å². The lowest BCUT2D eigenvalue weighted by Gasteiger charge is -2.26. The monoisotopic (exact) mass is 434 g/mol. The van der Waals surface area contributed by atoms with Gasteiger partial charge in [-0.1, -0.05) is 42.0 Å². The van der Waals surface area contributed by atoms with Gasteiger partial charge in [-0.3, -0.25) is 14.7 Å². The molecule has 1 fully saturated rings. The predicted octanol–water partition coefficient (Wildman–Crippen LogP) is 2.22. The molecule has 0 saturated carbocycles. The number of nitrogens with zero attached hydrogens (tertiary/aromatic N) is 4. The molecule has 1 atom stereocenters. The summed E-state index contributed by atoms with van der Waals surface area (Å²) in [6, 6.07) is 8.24. The fourth-order valence-electron chi connectivity index (χ4n) is 3.65. The van der Waals surface area contributed by atoms with E-state index >= 15 is 0 Å². The molecule has 7 nitrogen and oxygen atoms in total. The highest BCUT2D eigenvalue weighted by Crippen LogP contribution is 2.22. The Balaban J connectivity index is 1.54. The minimum absolute atomic E-state index is 0.0809. The van der Waals surface area contributed by atoms with E-state index in [-0.39, 0.29) is 11.5 Å². The zero-order valence-electron chi connectivity index (χ0n) is 17.0. The van der Waals surface area contributed by atoms with Crippen LogP contribution in [-0.4, -0.2) is 45.1 Å². The van der Waals surface area contributed by atoms with E-state index < -0.39 is 11.4 Å². The third-order valence-electron chi connectivity index (χ3n) is 5.29. The molecule has 1 saturated heterocycles. The lowest BCUT2D eigenvalue weighted by atomic mass is 10.1. The number of allylic oxidation sites excluding steroid dienone is 1. The minimum atomic E-state index is -0.850. The standard InChI is InChI=1S/C23H23ClN6O/c24-21-18(22(25)31)12-19(28-21)20-17(13-27-23(26)29-20)9-8-15-4-6-16(7-5-15)14-30-10-2-1-3-11-30/h4-7,12-13,21H,1-3,10-11,14H2,(H2,25,31)(H2,26,27,29). The summed E-state index contributed by atoms with van der Waals surface area (Å²) in [5.74, 6) is 5.67. The van der Waals surface area contributed by atoms with E-state index in [4.69, 9.17) is 23.1 Å². The van der Waals surface area contributed by atoms with E-state index in [1.165, 1.54) is 50.2 Å². The van der Waals surface area contributed by atoms with Crippen LogP contribution in [0.15, 0.2) is 47.1 Å². The zero-order valence-corrected chi connectivity index (χ0v) is 17.8. The number of carbonyl (C=O) groups excluding carboxylic acids is 1. The first kappa shape index (κ1) is 21.0. The normalized spacial score (nSPS) is 18.7. The number of alkyl halides is 1. The minimum Gasteiger partial charge on any atom is -0.368 e. The molecule has 8 heteroatoms. The van der Waals surface area contributed by atoms with Gasteiger partial charge in [0.25, 0.3) is 0 Å². The van der Waals surface area contributed by atoms with Gasteiger partial charge < -0.3 is 11.5 Å². The second-order valence-electron chi connectivity index (χ2n) is 7.59. The quantitative estimate of drug-likeness (QED) is 0.435. The van der Waals surface area contributed by atoms with Gasteiger partial charge in [-0.05, 0) is 49.7 Å². The molecule has 158 valence electrons. The molecule has 0 bridgehead atoms. The van der Waals surface area contributed by atoms with Gasteiger partial charge in [0.2, 0.25) is 11.9 Å². The number of likely N-dealkylation sites (tertiary alicyclic amines) is 1. The maximum absolute atomic E-state index is 11.5. The molecule has 31 heavy (non-hydrogen) atoms. The van der Waals surface area contributed by atoms with Crippen molar-refractivity contribution in [2.24, 2.45) is 10.7 Å². The lowest BCUT2D eigenvalue weighted by Crippen LogP contribution is -2.29. The number of halogens is 1. The van der Waals surface area contributed by atoms with Crippen molar-refractivity contribution in [2.75, 3.05) is 18.8 Å². The summed E-state index contributed by atoms with van der Waals surface area (Å²) in [6.07, 6.45) is 6.95. The molecule has 4 N–H and O–H groups in total. The number of nitrogen functional groups attached to an aromatic ring is 1. The maximum Gasteiger partial charge on any atom is 0.248 e. The molecule has 2 aliphatic rings. The molecule has 1 aromatic carbocycles. The van der Waals surface area contributed by atoms with Gasteiger partial charge in [-0.2, -0.15) is 0 Å². The third-order valence-corrected chi connectivity index (χ3v) is 5.62. The Labute approximate surface area is 186 Å². The number of primary amides is 1. The smallest absolute Gasteiger partial charge is 0.248 e. The molecule has 1 aromatic heterocycles. The number of amides is 1. The maximum atomic E-state index is 11.5. The molecule has 4 rings (SSSR count). The van der Waals surface area contributed by atoms with Gasteiger partial charge in [-0.25, -0.2) is 9.97 Å². The second kappa shape index (κ2) is 9.29. The van der Waals surface area contributed by atoms with Gasteiger partial charge in [-0.15, -0.1) is 0 Å². The summed E-state index contributed by atoms with van der Waals surface area (Å²) >= 11 is 6.10. The van der Waals surface area contributed by atoms with E-state index in [1.807, 2.05) is 12.1 Å². The number of aromatic nitrogens is 2. The van der Waals surface area contributed by atoms with Crippen LogP contribution in [0.4, 0.5) is 5.95 Å². The Kier molecular flexibility index (Phi) is 6.31. The molecule has 2 aromatic rings. The molecule has 2 aliphatic heterocycles. The summed E-state index contributed by atoms with van der Waals surface area (Å²) < 4.78 is 0. The van der Waals surface area contributed by atoms with Crippen molar-refractivity contribution >= 4 is 29.2 Å². The Morgan fingerprint density at radius 3 is 2.58 bits per heavy atom. The fourth-order valence-corrected chi connectivity index (χ4v) is 3.93. The van der Waals surface area contributed by atoms with Gasteiger partial charge >= 0.3 is 0 Å². The van der Waals surface area contributed by atoms with Gasteiger partial charge in [0.15, 0.2) is 5.50 Å². The van der Waals surface area contributed by atoms with Crippen molar-refractivity contribution in [3.8, 4) is 11.8 Å². The first-order valence-corrected chi connectivity index (χ1v) is 10.6. The van der Waals surface area contributed by atoms with Crippen LogP contribution in [-0.2, 0) is 11.3 Å². The average molecular weight is 435 g/mol. The summed E-state index contributed by atoms with van der Waals surface area (Å²) in [5, 5.41) is 0. The average Bonchev–Trinajstić information content (AvgIpc) is 3.16. The van der Waals surface area contributed by atoms with Crippen molar-refractivity contribution in [2.45, 2.75) is 31.3 Å². The molecular weight excluding hydrogens is 412 g/mol. The highest BCUT2D eigenvalue weighted by Gasteiger charge is 2.25. The van der Waals surface area contributed by atoms with Crippen LogP contribution in [0.3, 0.4) is 0 Å². The number of rotatable bonds is 4. The summed E-state index contributed by atoms with van der Waals surface area (Å²) in [5.41, 5.74) is 14.0. The second-order valence-corrected chi connectivity index (χ2v) is 8.00. The lowest BCUT2D eigenvalue weighted by molar-refractivity contribution is -0.114. The van der Waals surface area contributed by atoms with Crippen molar-refractivity contribution < 1.29 is 4.79 Å². The van der Waals surface area contributed by atoms with Crippen LogP contribution in [0, 0.1) is 11.8 Å². The topological polar surface area (TPSA) is 110 Å². The summed E-state index contributed by atoms with van der Waals surface area (Å²) in [7, 11) is 0. The molecule has 3 heterocycles. The molecule has 0 spiro atoms. The number of hydrogen-bond acceptors (Lipinski definition) is 6. The number of hydrogen-bond donors (Lipinski definition) is 2. The van der Waals surface area contributed by atoms with E-state index in [2.05, 4.69) is 43.8 Å². The van der Waals surface area contributed by atoms with Crippen molar-refractivity contribution in [3.05, 3.63) is 64.5 Å². The highest BCUT2D eigenvalue weighted by atomic mass is 35.5. The number of nitrogens with two attached hydrogens (primary N) is 2. The Morgan fingerprint density at radius 2 is 1.90 bits per heavy atom. The fraction of sp³-hybridized carbons (Fsp3) is 0.304. The van der Waals surface area contributed by atoms with E-state index in [0.717, 1.165) is 12.1 Å².